The normalized spacial score (nSPS) is 19.9. The molecule has 0 amide bonds. The Morgan fingerprint density at radius 1 is 1.14 bits per heavy atom. The Morgan fingerprint density at radius 3 is 2.58 bits per heavy atom. The van der Waals surface area contributed by atoms with Crippen LogP contribution in [0.3, 0.4) is 0 Å². The van der Waals surface area contributed by atoms with Crippen molar-refractivity contribution in [2.75, 3.05) is 20.2 Å². The van der Waals surface area contributed by atoms with Crippen LogP contribution in [0.5, 0.6) is 0 Å². The molecule has 36 heavy (non-hydrogen) atoms. The van der Waals surface area contributed by atoms with E-state index in [9.17, 15) is 26.7 Å². The summed E-state index contributed by atoms with van der Waals surface area (Å²) in [7, 11) is 1.30. The second-order valence-corrected chi connectivity index (χ2v) is 9.88. The molecule has 1 aromatic heterocycles. The number of aromatic nitrogens is 2. The predicted octanol–water partition coefficient (Wildman–Crippen LogP) is 5.68. The van der Waals surface area contributed by atoms with Gasteiger partial charge in [-0.25, -0.2) is 17.8 Å². The number of carbonyl (C=O) groups excluding carboxylic acids is 1. The number of ether oxygens (including phenoxy) is 1. The molecule has 1 fully saturated rings. The van der Waals surface area contributed by atoms with Crippen LogP contribution in [0.2, 0.25) is 0 Å². The highest BCUT2D eigenvalue weighted by molar-refractivity contribution is 7.97. The van der Waals surface area contributed by atoms with Crippen LogP contribution >= 0.6 is 11.9 Å². The summed E-state index contributed by atoms with van der Waals surface area (Å²) >= 11 is 1.05. The van der Waals surface area contributed by atoms with Gasteiger partial charge in [-0.05, 0) is 84.5 Å². The van der Waals surface area contributed by atoms with E-state index in [1.54, 1.807) is 27.3 Å². The van der Waals surface area contributed by atoms with Crippen molar-refractivity contribution >= 4 is 24.0 Å². The van der Waals surface area contributed by atoms with Crippen molar-refractivity contribution in [3.63, 3.8) is 0 Å². The first-order valence-electron chi connectivity index (χ1n) is 11.0. The largest absolute Gasteiger partial charge is 0.468 e. The summed E-state index contributed by atoms with van der Waals surface area (Å²) in [4.78, 5) is 13.3. The maximum Gasteiger partial charge on any atom is 0.419 e. The van der Waals surface area contributed by atoms with Gasteiger partial charge in [0.05, 0.1) is 30.3 Å². The van der Waals surface area contributed by atoms with E-state index >= 15 is 0 Å². The van der Waals surface area contributed by atoms with Crippen molar-refractivity contribution in [2.24, 2.45) is 5.41 Å². The van der Waals surface area contributed by atoms with Gasteiger partial charge in [-0.2, -0.15) is 18.3 Å². The molecule has 1 aliphatic heterocycles. The van der Waals surface area contributed by atoms with Gasteiger partial charge < -0.3 is 4.74 Å². The van der Waals surface area contributed by atoms with E-state index in [4.69, 9.17) is 4.74 Å². The second-order valence-electron chi connectivity index (χ2n) is 8.71. The van der Waals surface area contributed by atoms with Gasteiger partial charge in [0.2, 0.25) is 0 Å². The van der Waals surface area contributed by atoms with Crippen LogP contribution < -0.4 is 0 Å². The molecule has 5 rings (SSSR count). The summed E-state index contributed by atoms with van der Waals surface area (Å²) < 4.78 is 75.3. The number of halogens is 5. The number of piperidine rings is 1. The zero-order valence-corrected chi connectivity index (χ0v) is 19.8. The van der Waals surface area contributed by atoms with Crippen molar-refractivity contribution < 1.29 is 31.5 Å². The zero-order valence-electron chi connectivity index (χ0n) is 19.0. The summed E-state index contributed by atoms with van der Waals surface area (Å²) in [6.45, 7) is 0.643. The minimum Gasteiger partial charge on any atom is -0.468 e. The minimum atomic E-state index is -4.81. The summed E-state index contributed by atoms with van der Waals surface area (Å²) in [5.74, 6) is -2.15. The lowest BCUT2D eigenvalue weighted by molar-refractivity contribution is -0.151. The maximum absolute atomic E-state index is 13.7. The minimum absolute atomic E-state index is 0.191. The molecule has 3 aromatic rings. The predicted molar refractivity (Wildman–Crippen MR) is 123 cm³/mol. The Balaban J connectivity index is 1.46. The number of nitrogens with zero attached hydrogens (tertiary/aromatic N) is 3. The van der Waals surface area contributed by atoms with Crippen LogP contribution in [0.4, 0.5) is 22.0 Å². The lowest BCUT2D eigenvalue weighted by Crippen LogP contribution is -2.50. The average Bonchev–Trinajstić information content (AvgIpc) is 3.25. The van der Waals surface area contributed by atoms with Gasteiger partial charge in [-0.15, -0.1) is 0 Å². The molecule has 11 heteroatoms. The van der Waals surface area contributed by atoms with Crippen LogP contribution in [0.25, 0.3) is 11.8 Å². The van der Waals surface area contributed by atoms with Gasteiger partial charge in [0, 0.05) is 18.0 Å². The first-order valence-corrected chi connectivity index (χ1v) is 11.8. The third kappa shape index (κ3) is 4.30. The third-order valence-corrected chi connectivity index (χ3v) is 7.54. The van der Waals surface area contributed by atoms with E-state index in [1.165, 1.54) is 25.3 Å². The lowest BCUT2D eigenvalue weighted by Gasteiger charge is -2.43. The van der Waals surface area contributed by atoms with Gasteiger partial charge in [0.15, 0.2) is 0 Å². The van der Waals surface area contributed by atoms with Gasteiger partial charge in [0.25, 0.3) is 0 Å². The van der Waals surface area contributed by atoms with Crippen LogP contribution in [0, 0.1) is 17.0 Å². The fourth-order valence-corrected chi connectivity index (χ4v) is 5.84. The topological polar surface area (TPSA) is 47.4 Å². The van der Waals surface area contributed by atoms with Gasteiger partial charge in [-0.3, -0.25) is 4.79 Å². The van der Waals surface area contributed by atoms with E-state index in [1.807, 2.05) is 6.08 Å². The number of hydrogen-bond acceptors (Lipinski definition) is 5. The van der Waals surface area contributed by atoms with E-state index in [-0.39, 0.29) is 23.7 Å². The third-order valence-electron chi connectivity index (χ3n) is 6.51. The smallest absolute Gasteiger partial charge is 0.419 e. The Bertz CT molecular complexity index is 1350. The number of alkyl halides is 3. The van der Waals surface area contributed by atoms with Crippen molar-refractivity contribution in [1.82, 2.24) is 14.1 Å². The summed E-state index contributed by atoms with van der Waals surface area (Å²) in [5, 5.41) is 4.44. The molecule has 1 aliphatic carbocycles. The molecule has 2 aromatic carbocycles. The average molecular weight is 522 g/mol. The van der Waals surface area contributed by atoms with Gasteiger partial charge in [-0.1, -0.05) is 0 Å². The highest BCUT2D eigenvalue weighted by Gasteiger charge is 2.50. The number of rotatable bonds is 4. The molecule has 188 valence electrons. The quantitative estimate of drug-likeness (QED) is 0.251. The number of hydrogen-bond donors (Lipinski definition) is 0. The van der Waals surface area contributed by atoms with Gasteiger partial charge in [0.1, 0.15) is 17.0 Å². The Hall–Kier alpha value is -3.18. The molecule has 5 nitrogen and oxygen atoms in total. The molecule has 1 atom stereocenters. The summed E-state index contributed by atoms with van der Waals surface area (Å²) in [6, 6.07) is 8.77. The first-order chi connectivity index (χ1) is 17.1. The monoisotopic (exact) mass is 521 g/mol. The molecular weight excluding hydrogens is 501 g/mol. The fraction of sp³-hybridized carbons (Fsp3) is 0.280. The van der Waals surface area contributed by atoms with Crippen LogP contribution in [-0.4, -0.2) is 40.3 Å². The first kappa shape index (κ1) is 24.5. The summed E-state index contributed by atoms with van der Waals surface area (Å²) in [6.07, 6.45) is -0.512. The molecule has 1 saturated heterocycles. The van der Waals surface area contributed by atoms with E-state index < -0.39 is 28.9 Å². The Morgan fingerprint density at radius 2 is 1.89 bits per heavy atom. The van der Waals surface area contributed by atoms with Crippen LogP contribution in [0.1, 0.15) is 23.2 Å². The van der Waals surface area contributed by atoms with Crippen LogP contribution in [-0.2, 0) is 22.1 Å². The number of methoxy groups -OCH3 is 1. The van der Waals surface area contributed by atoms with E-state index in [2.05, 4.69) is 5.10 Å². The lowest BCUT2D eigenvalue weighted by atomic mass is 9.69. The molecule has 0 saturated carbocycles. The molecule has 0 radical (unpaired) electrons. The number of fused-ring (bicyclic) bond motifs is 2. The number of carbonyl (C=O) groups is 1. The van der Waals surface area contributed by atoms with E-state index in [0.29, 0.717) is 18.7 Å². The fourth-order valence-electron chi connectivity index (χ4n) is 4.77. The zero-order chi connectivity index (χ0) is 25.7. The molecule has 0 spiro atoms. The molecule has 0 bridgehead atoms. The summed E-state index contributed by atoms with van der Waals surface area (Å²) in [5.41, 5.74) is 0.703. The van der Waals surface area contributed by atoms with Crippen LogP contribution in [0.15, 0.2) is 59.1 Å². The molecule has 2 aliphatic rings. The number of esters is 1. The van der Waals surface area contributed by atoms with Crippen molar-refractivity contribution in [1.29, 1.82) is 0 Å². The molecule has 1 unspecified atom stereocenters. The number of benzene rings is 2. The highest BCUT2D eigenvalue weighted by Crippen LogP contribution is 2.47. The Labute approximate surface area is 207 Å². The Kier molecular flexibility index (Phi) is 6.16. The van der Waals surface area contributed by atoms with Crippen molar-refractivity contribution in [2.45, 2.75) is 23.9 Å². The standard InChI is InChI=1S/C25H20F5N3O2S/c1-35-23(34)24-12-15-13-31-33(18-4-2-17(26)3-5-18)22(15)10-16(24)8-9-32(14-24)36-19-6-7-21(27)20(11-19)25(28,29)30/h2-7,10-11,13H,8-9,12,14H2,1H3. The molecule has 2 heterocycles. The van der Waals surface area contributed by atoms with Crippen molar-refractivity contribution in [3.8, 4) is 5.69 Å². The second kappa shape index (κ2) is 9.04. The maximum atomic E-state index is 13.7. The van der Waals surface area contributed by atoms with Crippen molar-refractivity contribution in [3.05, 3.63) is 82.7 Å². The SMILES string of the molecule is COC(=O)C12Cc3cnn(-c4ccc(F)cc4)c3C=C1CCN(Sc1ccc(F)c(C(F)(F)F)c1)C2. The molecule has 0 N–H and O–H groups in total. The van der Waals surface area contributed by atoms with E-state index in [0.717, 1.165) is 40.9 Å². The molecular formula is C25H20F5N3O2S. The highest BCUT2D eigenvalue weighted by atomic mass is 32.2. The van der Waals surface area contributed by atoms with Gasteiger partial charge >= 0.3 is 12.1 Å².